The molecule has 0 saturated heterocycles. The highest BCUT2D eigenvalue weighted by atomic mass is 32.2. The first-order chi connectivity index (χ1) is 7.16. The molecule has 1 saturated carbocycles. The predicted molar refractivity (Wildman–Crippen MR) is 56.3 cm³/mol. The molecule has 82 valence electrons. The summed E-state index contributed by atoms with van der Waals surface area (Å²) in [5, 5.41) is 9.23. The van der Waals surface area contributed by atoms with Crippen molar-refractivity contribution in [1.29, 1.82) is 0 Å². The maximum atomic E-state index is 12.2. The highest BCUT2D eigenvalue weighted by Crippen LogP contribution is 2.48. The van der Waals surface area contributed by atoms with Gasteiger partial charge in [0.05, 0.1) is 6.61 Å². The van der Waals surface area contributed by atoms with E-state index in [0.29, 0.717) is 16.7 Å². The molecule has 1 aliphatic carbocycles. The van der Waals surface area contributed by atoms with Crippen LogP contribution in [0.1, 0.15) is 18.4 Å². The second-order valence-electron chi connectivity index (χ2n) is 3.84. The first kappa shape index (κ1) is 10.9. The van der Waals surface area contributed by atoms with Gasteiger partial charge in [0.25, 0.3) is 5.76 Å². The molecular weight excluding hydrogens is 218 g/mol. The molecular formula is C11H12F2OS. The minimum Gasteiger partial charge on any atom is -0.395 e. The van der Waals surface area contributed by atoms with Crippen molar-refractivity contribution in [1.82, 2.24) is 0 Å². The quantitative estimate of drug-likeness (QED) is 0.802. The van der Waals surface area contributed by atoms with Gasteiger partial charge in [0.2, 0.25) is 0 Å². The van der Waals surface area contributed by atoms with Gasteiger partial charge >= 0.3 is 0 Å². The van der Waals surface area contributed by atoms with E-state index in [4.69, 9.17) is 0 Å². The van der Waals surface area contributed by atoms with Crippen molar-refractivity contribution < 1.29 is 13.9 Å². The SMILES string of the molecule is OCC1(c2cccc(SC(F)F)c2)CC1. The van der Waals surface area contributed by atoms with Crippen LogP contribution in [0.15, 0.2) is 29.2 Å². The molecule has 1 aliphatic rings. The standard InChI is InChI=1S/C11H12F2OS/c12-10(13)15-9-3-1-2-8(6-9)11(7-14)4-5-11/h1-3,6,10,14H,4-5,7H2. The van der Waals surface area contributed by atoms with Crippen LogP contribution in [0.3, 0.4) is 0 Å². The summed E-state index contributed by atoms with van der Waals surface area (Å²) < 4.78 is 24.3. The van der Waals surface area contributed by atoms with Crippen LogP contribution in [0.4, 0.5) is 8.78 Å². The van der Waals surface area contributed by atoms with Crippen molar-refractivity contribution in [3.8, 4) is 0 Å². The fourth-order valence-corrected chi connectivity index (χ4v) is 2.25. The Morgan fingerprint density at radius 1 is 1.40 bits per heavy atom. The Kier molecular flexibility index (Phi) is 2.98. The molecule has 1 N–H and O–H groups in total. The van der Waals surface area contributed by atoms with Gasteiger partial charge < -0.3 is 5.11 Å². The molecule has 0 unspecified atom stereocenters. The zero-order chi connectivity index (χ0) is 10.9. The Morgan fingerprint density at radius 3 is 2.67 bits per heavy atom. The van der Waals surface area contributed by atoms with Crippen LogP contribution in [-0.4, -0.2) is 17.5 Å². The van der Waals surface area contributed by atoms with Crippen LogP contribution in [0, 0.1) is 0 Å². The van der Waals surface area contributed by atoms with Gasteiger partial charge in [0.15, 0.2) is 0 Å². The normalized spacial score (nSPS) is 18.1. The van der Waals surface area contributed by atoms with Crippen LogP contribution in [0.2, 0.25) is 0 Å². The van der Waals surface area contributed by atoms with Crippen LogP contribution in [-0.2, 0) is 5.41 Å². The summed E-state index contributed by atoms with van der Waals surface area (Å²) in [7, 11) is 0. The predicted octanol–water partition coefficient (Wildman–Crippen LogP) is 3.03. The molecule has 1 aromatic carbocycles. The smallest absolute Gasteiger partial charge is 0.288 e. The van der Waals surface area contributed by atoms with Gasteiger partial charge in [-0.2, -0.15) is 8.78 Å². The number of hydrogen-bond acceptors (Lipinski definition) is 2. The molecule has 1 nitrogen and oxygen atoms in total. The minimum absolute atomic E-state index is 0.107. The molecule has 0 aromatic heterocycles. The second-order valence-corrected chi connectivity index (χ2v) is 4.91. The molecule has 0 heterocycles. The average Bonchev–Trinajstić information content (AvgIpc) is 2.97. The number of aliphatic hydroxyl groups is 1. The molecule has 0 radical (unpaired) electrons. The summed E-state index contributed by atoms with van der Waals surface area (Å²) in [6.07, 6.45) is 1.90. The second kappa shape index (κ2) is 4.10. The third kappa shape index (κ3) is 2.32. The zero-order valence-corrected chi connectivity index (χ0v) is 8.94. The lowest BCUT2D eigenvalue weighted by atomic mass is 9.97. The topological polar surface area (TPSA) is 20.2 Å². The van der Waals surface area contributed by atoms with Gasteiger partial charge in [0.1, 0.15) is 0 Å². The Hall–Kier alpha value is -0.610. The average molecular weight is 230 g/mol. The van der Waals surface area contributed by atoms with Crippen molar-refractivity contribution in [3.05, 3.63) is 29.8 Å². The van der Waals surface area contributed by atoms with E-state index < -0.39 is 5.76 Å². The number of benzene rings is 1. The Morgan fingerprint density at radius 2 is 2.13 bits per heavy atom. The van der Waals surface area contributed by atoms with Crippen LogP contribution < -0.4 is 0 Å². The molecule has 1 aromatic rings. The first-order valence-corrected chi connectivity index (χ1v) is 5.70. The maximum absolute atomic E-state index is 12.2. The van der Waals surface area contributed by atoms with E-state index in [1.165, 1.54) is 0 Å². The third-order valence-electron chi connectivity index (χ3n) is 2.83. The maximum Gasteiger partial charge on any atom is 0.288 e. The molecule has 0 bridgehead atoms. The number of hydrogen-bond donors (Lipinski definition) is 1. The minimum atomic E-state index is -2.38. The van der Waals surface area contributed by atoms with E-state index in [2.05, 4.69) is 0 Å². The molecule has 0 aliphatic heterocycles. The van der Waals surface area contributed by atoms with E-state index in [9.17, 15) is 13.9 Å². The van der Waals surface area contributed by atoms with Crippen LogP contribution in [0.5, 0.6) is 0 Å². The van der Waals surface area contributed by atoms with Crippen molar-refractivity contribution in [2.75, 3.05) is 6.61 Å². The molecule has 0 atom stereocenters. The van der Waals surface area contributed by atoms with E-state index in [1.54, 1.807) is 18.2 Å². The molecule has 15 heavy (non-hydrogen) atoms. The highest BCUT2D eigenvalue weighted by molar-refractivity contribution is 7.99. The Balaban J connectivity index is 2.19. The van der Waals surface area contributed by atoms with Gasteiger partial charge in [-0.3, -0.25) is 0 Å². The lowest BCUT2D eigenvalue weighted by molar-refractivity contribution is 0.252. The summed E-state index contributed by atoms with van der Waals surface area (Å²) in [5.74, 6) is -2.38. The van der Waals surface area contributed by atoms with Crippen molar-refractivity contribution >= 4 is 11.8 Å². The molecule has 1 fully saturated rings. The van der Waals surface area contributed by atoms with Gasteiger partial charge in [-0.25, -0.2) is 0 Å². The van der Waals surface area contributed by atoms with E-state index in [-0.39, 0.29) is 12.0 Å². The Labute approximate surface area is 91.5 Å². The van der Waals surface area contributed by atoms with E-state index in [0.717, 1.165) is 18.4 Å². The van der Waals surface area contributed by atoms with Gasteiger partial charge in [-0.15, -0.1) is 0 Å². The summed E-state index contributed by atoms with van der Waals surface area (Å²) in [5.41, 5.74) is 0.842. The summed E-state index contributed by atoms with van der Waals surface area (Å²) in [6, 6.07) is 7.11. The van der Waals surface area contributed by atoms with Gasteiger partial charge in [0, 0.05) is 10.3 Å². The number of aliphatic hydroxyl groups excluding tert-OH is 1. The van der Waals surface area contributed by atoms with Crippen molar-refractivity contribution in [2.24, 2.45) is 0 Å². The van der Waals surface area contributed by atoms with Gasteiger partial charge in [-0.1, -0.05) is 23.9 Å². The number of alkyl halides is 2. The first-order valence-electron chi connectivity index (χ1n) is 4.82. The molecule has 0 spiro atoms. The molecule has 2 rings (SSSR count). The molecule has 4 heteroatoms. The Bertz CT molecular complexity index is 350. The van der Waals surface area contributed by atoms with Gasteiger partial charge in [-0.05, 0) is 30.5 Å². The van der Waals surface area contributed by atoms with E-state index >= 15 is 0 Å². The fourth-order valence-electron chi connectivity index (χ4n) is 1.69. The zero-order valence-electron chi connectivity index (χ0n) is 8.12. The molecule has 0 amide bonds. The summed E-state index contributed by atoms with van der Waals surface area (Å²) in [6.45, 7) is 0.107. The van der Waals surface area contributed by atoms with E-state index in [1.807, 2.05) is 6.07 Å². The third-order valence-corrected chi connectivity index (χ3v) is 3.53. The highest BCUT2D eigenvalue weighted by Gasteiger charge is 2.43. The number of thioether (sulfide) groups is 1. The summed E-state index contributed by atoms with van der Waals surface area (Å²) >= 11 is 0.552. The fraction of sp³-hybridized carbons (Fsp3) is 0.455. The lowest BCUT2D eigenvalue weighted by Gasteiger charge is -2.13. The summed E-state index contributed by atoms with van der Waals surface area (Å²) in [4.78, 5) is 0.572. The lowest BCUT2D eigenvalue weighted by Crippen LogP contribution is -2.11. The number of halogens is 2. The van der Waals surface area contributed by atoms with Crippen molar-refractivity contribution in [3.63, 3.8) is 0 Å². The number of rotatable bonds is 4. The van der Waals surface area contributed by atoms with Crippen LogP contribution in [0.25, 0.3) is 0 Å². The monoisotopic (exact) mass is 230 g/mol. The van der Waals surface area contributed by atoms with Crippen LogP contribution >= 0.6 is 11.8 Å². The largest absolute Gasteiger partial charge is 0.395 e. The van der Waals surface area contributed by atoms with Crippen molar-refractivity contribution in [2.45, 2.75) is 28.9 Å².